The highest BCUT2D eigenvalue weighted by Crippen LogP contribution is 2.29. The van der Waals surface area contributed by atoms with Gasteiger partial charge in [0.15, 0.2) is 9.84 Å². The number of nitriles is 1. The quantitative estimate of drug-likeness (QED) is 0.685. The lowest BCUT2D eigenvalue weighted by Gasteiger charge is -2.10. The smallest absolute Gasteiger partial charge is 0.415 e. The number of aromatic nitrogens is 1. The summed E-state index contributed by atoms with van der Waals surface area (Å²) in [7, 11) is -3.97. The fraction of sp³-hybridized carbons (Fsp3) is 0.111. The van der Waals surface area contributed by atoms with E-state index in [1.165, 1.54) is 12.1 Å². The monoisotopic (exact) mass is 390 g/mol. The Labute approximate surface area is 152 Å². The predicted octanol–water partition coefficient (Wildman–Crippen LogP) is 2.96. The summed E-state index contributed by atoms with van der Waals surface area (Å²) in [6.45, 7) is 1.71. The van der Waals surface area contributed by atoms with Gasteiger partial charge in [-0.05, 0) is 36.8 Å². The lowest BCUT2D eigenvalue weighted by Crippen LogP contribution is -2.14. The Morgan fingerprint density at radius 1 is 1.15 bits per heavy atom. The van der Waals surface area contributed by atoms with Gasteiger partial charge in [0, 0.05) is 11.8 Å². The number of halogens is 2. The first kappa shape index (κ1) is 18.5. The maximum Gasteiger partial charge on any atom is 0.424 e. The topological polar surface area (TPSA) is 93.1 Å². The first-order valence-corrected chi connectivity index (χ1v) is 9.43. The highest BCUT2D eigenvalue weighted by Gasteiger charge is 2.22. The van der Waals surface area contributed by atoms with Crippen molar-refractivity contribution >= 4 is 9.84 Å². The summed E-state index contributed by atoms with van der Waals surface area (Å²) in [5.74, 6) is -3.07. The molecule has 0 aliphatic heterocycles. The van der Waals surface area contributed by atoms with E-state index in [9.17, 15) is 22.0 Å². The molecule has 3 aromatic rings. The van der Waals surface area contributed by atoms with Crippen molar-refractivity contribution in [3.63, 3.8) is 0 Å². The number of aryl methyl sites for hydroxylation is 1. The predicted molar refractivity (Wildman–Crippen MR) is 92.2 cm³/mol. The van der Waals surface area contributed by atoms with E-state index in [-0.39, 0.29) is 16.9 Å². The van der Waals surface area contributed by atoms with Crippen LogP contribution >= 0.6 is 0 Å². The molecule has 6 nitrogen and oxygen atoms in total. The molecule has 3 rings (SSSR count). The molecule has 0 saturated heterocycles. The highest BCUT2D eigenvalue weighted by atomic mass is 32.2. The van der Waals surface area contributed by atoms with E-state index in [1.807, 2.05) is 6.07 Å². The summed E-state index contributed by atoms with van der Waals surface area (Å²) in [6.07, 6.45) is 1.69. The maximum atomic E-state index is 14.5. The highest BCUT2D eigenvalue weighted by molar-refractivity contribution is 7.90. The van der Waals surface area contributed by atoms with Crippen LogP contribution in [0, 0.1) is 29.9 Å². The molecule has 1 heterocycles. The molecule has 138 valence electrons. The molecule has 27 heavy (non-hydrogen) atoms. The van der Waals surface area contributed by atoms with Gasteiger partial charge < -0.3 is 4.42 Å². The minimum atomic E-state index is -3.97. The van der Waals surface area contributed by atoms with Crippen LogP contribution in [0.4, 0.5) is 8.78 Å². The van der Waals surface area contributed by atoms with Gasteiger partial charge in [-0.1, -0.05) is 6.07 Å². The third kappa shape index (κ3) is 3.27. The summed E-state index contributed by atoms with van der Waals surface area (Å²) < 4.78 is 57.6. The van der Waals surface area contributed by atoms with Crippen LogP contribution in [0.1, 0.15) is 11.1 Å². The van der Waals surface area contributed by atoms with E-state index in [2.05, 4.69) is 0 Å². The molecule has 0 radical (unpaired) electrons. The number of benzene rings is 2. The SMILES string of the molecule is Cc1ccc(-n2c(-c3cc(F)c(S(C)(=O)=O)cc3F)coc2=O)cc1C#N. The van der Waals surface area contributed by atoms with Crippen LogP contribution in [0.25, 0.3) is 16.9 Å². The average Bonchev–Trinajstić information content (AvgIpc) is 2.97. The summed E-state index contributed by atoms with van der Waals surface area (Å²) in [6, 6.07) is 7.75. The van der Waals surface area contributed by atoms with Crippen LogP contribution in [-0.4, -0.2) is 19.2 Å². The Kier molecular flexibility index (Phi) is 4.45. The van der Waals surface area contributed by atoms with Crippen molar-refractivity contribution in [3.8, 4) is 23.0 Å². The van der Waals surface area contributed by atoms with E-state index in [1.54, 1.807) is 13.0 Å². The Bertz CT molecular complexity index is 1270. The van der Waals surface area contributed by atoms with Crippen LogP contribution in [0.3, 0.4) is 0 Å². The van der Waals surface area contributed by atoms with Crippen molar-refractivity contribution in [2.24, 2.45) is 0 Å². The van der Waals surface area contributed by atoms with Gasteiger partial charge in [-0.3, -0.25) is 0 Å². The molecule has 0 amide bonds. The lowest BCUT2D eigenvalue weighted by atomic mass is 10.1. The van der Waals surface area contributed by atoms with E-state index < -0.39 is 32.1 Å². The van der Waals surface area contributed by atoms with Crippen molar-refractivity contribution in [3.05, 3.63) is 69.9 Å². The van der Waals surface area contributed by atoms with Crippen molar-refractivity contribution in [2.45, 2.75) is 11.8 Å². The van der Waals surface area contributed by atoms with E-state index in [0.29, 0.717) is 23.3 Å². The molecule has 0 N–H and O–H groups in total. The third-order valence-electron chi connectivity index (χ3n) is 3.99. The largest absolute Gasteiger partial charge is 0.424 e. The Hall–Kier alpha value is -3.25. The zero-order valence-corrected chi connectivity index (χ0v) is 15.0. The second-order valence-electron chi connectivity index (χ2n) is 5.87. The molecule has 0 spiro atoms. The average molecular weight is 390 g/mol. The van der Waals surface area contributed by atoms with E-state index in [0.717, 1.165) is 17.1 Å². The minimum absolute atomic E-state index is 0.121. The van der Waals surface area contributed by atoms with Crippen LogP contribution < -0.4 is 5.76 Å². The Balaban J connectivity index is 2.27. The van der Waals surface area contributed by atoms with Gasteiger partial charge in [-0.15, -0.1) is 0 Å². The summed E-state index contributed by atoms with van der Waals surface area (Å²) in [5, 5.41) is 9.16. The molecule has 0 bridgehead atoms. The molecule has 0 unspecified atom stereocenters. The van der Waals surface area contributed by atoms with Crippen LogP contribution in [0.15, 0.2) is 50.7 Å². The van der Waals surface area contributed by atoms with Gasteiger partial charge in [-0.2, -0.15) is 5.26 Å². The van der Waals surface area contributed by atoms with Crippen LogP contribution in [-0.2, 0) is 9.84 Å². The molecule has 9 heteroatoms. The Morgan fingerprint density at radius 3 is 2.48 bits per heavy atom. The maximum absolute atomic E-state index is 14.5. The summed E-state index contributed by atoms with van der Waals surface area (Å²) in [5.41, 5.74) is 0.714. The molecule has 1 aromatic heterocycles. The Morgan fingerprint density at radius 2 is 1.85 bits per heavy atom. The number of nitrogens with zero attached hydrogens (tertiary/aromatic N) is 2. The minimum Gasteiger partial charge on any atom is -0.415 e. The fourth-order valence-electron chi connectivity index (χ4n) is 2.62. The summed E-state index contributed by atoms with van der Waals surface area (Å²) in [4.78, 5) is 11.3. The van der Waals surface area contributed by atoms with Crippen molar-refractivity contribution in [1.82, 2.24) is 4.57 Å². The van der Waals surface area contributed by atoms with Gasteiger partial charge in [0.25, 0.3) is 0 Å². The molecule has 0 aliphatic carbocycles. The number of oxazole rings is 1. The van der Waals surface area contributed by atoms with Gasteiger partial charge in [0.05, 0.1) is 23.0 Å². The van der Waals surface area contributed by atoms with E-state index >= 15 is 0 Å². The first-order chi connectivity index (χ1) is 12.6. The van der Waals surface area contributed by atoms with Gasteiger partial charge in [-0.25, -0.2) is 26.6 Å². The zero-order chi connectivity index (χ0) is 19.9. The normalized spacial score (nSPS) is 11.4. The van der Waals surface area contributed by atoms with Gasteiger partial charge in [0.1, 0.15) is 22.8 Å². The molecule has 2 aromatic carbocycles. The second kappa shape index (κ2) is 6.48. The zero-order valence-electron chi connectivity index (χ0n) is 14.2. The molecular weight excluding hydrogens is 378 g/mol. The van der Waals surface area contributed by atoms with Crippen molar-refractivity contribution in [1.29, 1.82) is 5.26 Å². The lowest BCUT2D eigenvalue weighted by molar-refractivity contribution is 0.504. The second-order valence-corrected chi connectivity index (χ2v) is 7.85. The third-order valence-corrected chi connectivity index (χ3v) is 5.10. The molecule has 0 aliphatic rings. The standard InChI is InChI=1S/C18H12F2N2O4S/c1-10-3-4-12(5-11(10)8-21)22-16(9-26-18(22)23)13-6-15(20)17(7-14(13)19)27(2,24)25/h3-7,9H,1-2H3. The molecular formula is C18H12F2N2O4S. The van der Waals surface area contributed by atoms with Crippen molar-refractivity contribution in [2.75, 3.05) is 6.26 Å². The number of sulfone groups is 1. The van der Waals surface area contributed by atoms with Gasteiger partial charge in [0.2, 0.25) is 0 Å². The van der Waals surface area contributed by atoms with E-state index in [4.69, 9.17) is 9.68 Å². The molecule has 0 saturated carbocycles. The van der Waals surface area contributed by atoms with Crippen LogP contribution in [0.2, 0.25) is 0 Å². The number of hydrogen-bond acceptors (Lipinski definition) is 5. The van der Waals surface area contributed by atoms with Gasteiger partial charge >= 0.3 is 5.76 Å². The van der Waals surface area contributed by atoms with Crippen molar-refractivity contribution < 1.29 is 21.6 Å². The number of rotatable bonds is 3. The first-order valence-electron chi connectivity index (χ1n) is 7.54. The summed E-state index contributed by atoms with van der Waals surface area (Å²) >= 11 is 0. The fourth-order valence-corrected chi connectivity index (χ4v) is 3.35. The molecule has 0 atom stereocenters. The number of hydrogen-bond donors (Lipinski definition) is 0. The molecule has 0 fully saturated rings. The van der Waals surface area contributed by atoms with Crippen LogP contribution in [0.5, 0.6) is 0 Å².